The Morgan fingerprint density at radius 3 is 1.78 bits per heavy atom. The molecule has 0 saturated carbocycles. The predicted octanol–water partition coefficient (Wildman–Crippen LogP) is 7.19. The molecule has 5 rings (SSSR count). The smallest absolute Gasteiger partial charge is 0.412 e. The van der Waals surface area contributed by atoms with Gasteiger partial charge in [-0.25, -0.2) is 14.4 Å². The van der Waals surface area contributed by atoms with Gasteiger partial charge in [-0.15, -0.1) is 0 Å². The molecule has 0 aliphatic rings. The van der Waals surface area contributed by atoms with E-state index in [1.807, 2.05) is 0 Å². The SMILES string of the molecule is COC(=O)c1ccc(COc2cc3c(=O)n(-c4ccc(NC(=O)OC(C)(C)C)cc4)c(C(=O)OC)c(-c4cc(OC)c(OC)c(OC)c4)c3cc2OC)cc1. The molecule has 1 amide bonds. The van der Waals surface area contributed by atoms with Gasteiger partial charge < -0.3 is 37.9 Å². The highest BCUT2D eigenvalue weighted by molar-refractivity contribution is 6.08. The number of aromatic nitrogens is 1. The van der Waals surface area contributed by atoms with Gasteiger partial charge in [0.1, 0.15) is 17.9 Å². The lowest BCUT2D eigenvalue weighted by molar-refractivity contribution is 0.0586. The zero-order valence-corrected chi connectivity index (χ0v) is 32.0. The first-order valence-corrected chi connectivity index (χ1v) is 16.9. The van der Waals surface area contributed by atoms with E-state index in [-0.39, 0.29) is 40.4 Å². The molecule has 0 aliphatic carbocycles. The standard InChI is InChI=1S/C41H42N2O12/c1-41(2,3)55-40(47)42-26-14-16-27(17-15-26)43-35(39(46)53-9)34(25-18-32(49-5)36(51-7)33(19-25)50-6)28-20-30(48-4)31(21-29(28)37(43)44)54-22-23-10-12-24(13-11-23)38(45)52-8/h10-21H,22H2,1-9H3,(H,42,47). The van der Waals surface area contributed by atoms with Crippen LogP contribution in [0.15, 0.2) is 77.6 Å². The Bertz CT molecular complexity index is 2260. The summed E-state index contributed by atoms with van der Waals surface area (Å²) in [5.41, 5.74) is 1.03. The summed E-state index contributed by atoms with van der Waals surface area (Å²) < 4.78 is 45.5. The molecule has 1 N–H and O–H groups in total. The van der Waals surface area contributed by atoms with Crippen molar-refractivity contribution in [3.63, 3.8) is 0 Å². The summed E-state index contributed by atoms with van der Waals surface area (Å²) in [6, 6.07) is 19.4. The molecule has 5 aromatic rings. The van der Waals surface area contributed by atoms with Crippen LogP contribution in [0, 0.1) is 0 Å². The molecule has 0 spiro atoms. The Balaban J connectivity index is 1.77. The van der Waals surface area contributed by atoms with Crippen LogP contribution in [-0.4, -0.2) is 70.9 Å². The summed E-state index contributed by atoms with van der Waals surface area (Å²) in [5.74, 6) is 0.0956. The van der Waals surface area contributed by atoms with Gasteiger partial charge in [-0.05, 0) is 92.6 Å². The van der Waals surface area contributed by atoms with E-state index in [2.05, 4.69) is 5.32 Å². The lowest BCUT2D eigenvalue weighted by atomic mass is 9.95. The van der Waals surface area contributed by atoms with Gasteiger partial charge in [-0.3, -0.25) is 14.7 Å². The zero-order valence-electron chi connectivity index (χ0n) is 32.0. The highest BCUT2D eigenvalue weighted by Crippen LogP contribution is 2.45. The number of benzene rings is 4. The minimum Gasteiger partial charge on any atom is -0.493 e. The van der Waals surface area contributed by atoms with Gasteiger partial charge in [0.2, 0.25) is 5.75 Å². The number of ether oxygens (including phenoxy) is 8. The molecular weight excluding hydrogens is 712 g/mol. The first kappa shape index (κ1) is 39.5. The molecule has 0 atom stereocenters. The quantitative estimate of drug-likeness (QED) is 0.101. The predicted molar refractivity (Wildman–Crippen MR) is 204 cm³/mol. The Morgan fingerprint density at radius 2 is 1.25 bits per heavy atom. The molecule has 0 saturated heterocycles. The van der Waals surface area contributed by atoms with Gasteiger partial charge in [0.15, 0.2) is 23.0 Å². The third kappa shape index (κ3) is 8.43. The number of anilines is 1. The number of nitrogens with one attached hydrogen (secondary N) is 1. The average Bonchev–Trinajstić information content (AvgIpc) is 3.18. The van der Waals surface area contributed by atoms with E-state index >= 15 is 0 Å². The third-order valence-corrected chi connectivity index (χ3v) is 8.34. The molecule has 14 heteroatoms. The van der Waals surface area contributed by atoms with E-state index in [0.29, 0.717) is 39.4 Å². The molecule has 14 nitrogen and oxygen atoms in total. The van der Waals surface area contributed by atoms with Crippen molar-refractivity contribution in [2.75, 3.05) is 48.0 Å². The van der Waals surface area contributed by atoms with E-state index in [0.717, 1.165) is 5.56 Å². The fourth-order valence-corrected chi connectivity index (χ4v) is 5.86. The van der Waals surface area contributed by atoms with E-state index in [9.17, 15) is 19.2 Å². The van der Waals surface area contributed by atoms with Crippen LogP contribution < -0.4 is 34.6 Å². The van der Waals surface area contributed by atoms with Crippen molar-refractivity contribution in [3.05, 3.63) is 100.0 Å². The van der Waals surface area contributed by atoms with Crippen LogP contribution in [0.25, 0.3) is 27.6 Å². The van der Waals surface area contributed by atoms with Gasteiger partial charge in [-0.1, -0.05) is 12.1 Å². The van der Waals surface area contributed by atoms with Crippen molar-refractivity contribution >= 4 is 34.5 Å². The second kappa shape index (κ2) is 16.5. The van der Waals surface area contributed by atoms with Crippen LogP contribution in [0.5, 0.6) is 28.7 Å². The van der Waals surface area contributed by atoms with Crippen molar-refractivity contribution in [3.8, 4) is 45.6 Å². The Hall–Kier alpha value is -6.70. The van der Waals surface area contributed by atoms with Crippen LogP contribution in [0.4, 0.5) is 10.5 Å². The van der Waals surface area contributed by atoms with Gasteiger partial charge in [0.25, 0.3) is 5.56 Å². The van der Waals surface area contributed by atoms with Crippen molar-refractivity contribution in [2.45, 2.75) is 33.0 Å². The molecule has 288 valence electrons. The molecule has 0 unspecified atom stereocenters. The molecule has 4 aromatic carbocycles. The summed E-state index contributed by atoms with van der Waals surface area (Å²) in [5, 5.41) is 3.15. The number of fused-ring (bicyclic) bond motifs is 1. The molecule has 1 aromatic heterocycles. The van der Waals surface area contributed by atoms with Gasteiger partial charge in [-0.2, -0.15) is 0 Å². The largest absolute Gasteiger partial charge is 0.493 e. The van der Waals surface area contributed by atoms with Crippen molar-refractivity contribution in [2.24, 2.45) is 0 Å². The van der Waals surface area contributed by atoms with E-state index in [1.165, 1.54) is 53.3 Å². The van der Waals surface area contributed by atoms with E-state index in [1.54, 1.807) is 87.5 Å². The number of rotatable bonds is 12. The fraction of sp³-hybridized carbons (Fsp3) is 0.268. The summed E-state index contributed by atoms with van der Waals surface area (Å²) in [6.45, 7) is 5.30. The van der Waals surface area contributed by atoms with Gasteiger partial charge in [0, 0.05) is 22.3 Å². The molecule has 0 radical (unpaired) electrons. The minimum absolute atomic E-state index is 0.0591. The lowest BCUT2D eigenvalue weighted by Crippen LogP contribution is -2.27. The maximum atomic E-state index is 14.7. The number of hydrogen-bond donors (Lipinski definition) is 1. The maximum Gasteiger partial charge on any atom is 0.412 e. The highest BCUT2D eigenvalue weighted by Gasteiger charge is 2.28. The number of methoxy groups -OCH3 is 6. The van der Waals surface area contributed by atoms with Crippen LogP contribution in [-0.2, 0) is 20.8 Å². The Morgan fingerprint density at radius 1 is 0.673 bits per heavy atom. The van der Waals surface area contributed by atoms with Crippen molar-refractivity contribution < 1.29 is 52.3 Å². The summed E-state index contributed by atoms with van der Waals surface area (Å²) >= 11 is 0. The van der Waals surface area contributed by atoms with Crippen molar-refractivity contribution in [1.82, 2.24) is 4.57 Å². The maximum absolute atomic E-state index is 14.7. The van der Waals surface area contributed by atoms with Gasteiger partial charge in [0.05, 0.1) is 53.6 Å². The number of carbonyl (C=O) groups excluding carboxylic acids is 3. The van der Waals surface area contributed by atoms with Crippen LogP contribution in [0.3, 0.4) is 0 Å². The molecule has 0 fully saturated rings. The highest BCUT2D eigenvalue weighted by atomic mass is 16.6. The van der Waals surface area contributed by atoms with Crippen LogP contribution in [0.2, 0.25) is 0 Å². The number of hydrogen-bond acceptors (Lipinski definition) is 12. The van der Waals surface area contributed by atoms with E-state index in [4.69, 9.17) is 37.9 Å². The first-order chi connectivity index (χ1) is 26.3. The molecule has 0 bridgehead atoms. The van der Waals surface area contributed by atoms with Crippen molar-refractivity contribution in [1.29, 1.82) is 0 Å². The molecule has 55 heavy (non-hydrogen) atoms. The third-order valence-electron chi connectivity index (χ3n) is 8.34. The molecule has 0 aliphatic heterocycles. The first-order valence-electron chi connectivity index (χ1n) is 16.9. The zero-order chi connectivity index (χ0) is 40.0. The summed E-state index contributed by atoms with van der Waals surface area (Å²) in [7, 11) is 8.36. The monoisotopic (exact) mass is 754 g/mol. The number of nitrogens with zero attached hydrogens (tertiary/aromatic N) is 1. The number of pyridine rings is 1. The summed E-state index contributed by atoms with van der Waals surface area (Å²) in [6.07, 6.45) is -0.663. The molecule has 1 heterocycles. The lowest BCUT2D eigenvalue weighted by Gasteiger charge is -2.22. The molecular formula is C41H42N2O12. The van der Waals surface area contributed by atoms with Crippen LogP contribution in [0.1, 0.15) is 47.2 Å². The minimum atomic E-state index is -0.826. The average molecular weight is 755 g/mol. The second-order valence-electron chi connectivity index (χ2n) is 13.0. The normalized spacial score (nSPS) is 11.0. The number of esters is 2. The van der Waals surface area contributed by atoms with Gasteiger partial charge >= 0.3 is 18.0 Å². The van der Waals surface area contributed by atoms with Crippen LogP contribution >= 0.6 is 0 Å². The fourth-order valence-electron chi connectivity index (χ4n) is 5.86. The summed E-state index contributed by atoms with van der Waals surface area (Å²) in [4.78, 5) is 53.1. The Kier molecular flexibility index (Phi) is 11.9. The Labute approximate surface area is 317 Å². The number of amides is 1. The topological polar surface area (TPSA) is 159 Å². The second-order valence-corrected chi connectivity index (χ2v) is 13.0. The number of carbonyl (C=O) groups is 3. The van der Waals surface area contributed by atoms with E-state index < -0.39 is 29.2 Å².